The highest BCUT2D eigenvalue weighted by atomic mass is 16.5. The summed E-state index contributed by atoms with van der Waals surface area (Å²) in [5.74, 6) is 2.51. The second-order valence-electron chi connectivity index (χ2n) is 9.78. The fraction of sp³-hybridized carbons (Fsp3) is 0.538. The first-order chi connectivity index (χ1) is 15.8. The van der Waals surface area contributed by atoms with Crippen molar-refractivity contribution in [1.29, 1.82) is 0 Å². The first kappa shape index (κ1) is 20.2. The molecule has 6 heteroatoms. The van der Waals surface area contributed by atoms with Gasteiger partial charge in [-0.3, -0.25) is 4.57 Å². The van der Waals surface area contributed by atoms with Crippen molar-refractivity contribution in [2.24, 2.45) is 11.3 Å². The van der Waals surface area contributed by atoms with Crippen molar-refractivity contribution in [2.75, 3.05) is 37.9 Å². The van der Waals surface area contributed by atoms with Crippen LogP contribution in [-0.4, -0.2) is 53.8 Å². The third kappa shape index (κ3) is 3.32. The molecule has 0 aliphatic carbocycles. The van der Waals surface area contributed by atoms with Gasteiger partial charge in [0, 0.05) is 50.4 Å². The molecular formula is C26H32N4O2. The van der Waals surface area contributed by atoms with Crippen LogP contribution in [0.5, 0.6) is 0 Å². The number of nitrogens with zero attached hydrogens (tertiary/aromatic N) is 4. The van der Waals surface area contributed by atoms with E-state index in [0.717, 1.165) is 76.1 Å². The molecule has 2 aromatic carbocycles. The maximum Gasteiger partial charge on any atom is 0.227 e. The van der Waals surface area contributed by atoms with E-state index in [1.54, 1.807) is 0 Å². The normalized spacial score (nSPS) is 25.2. The van der Waals surface area contributed by atoms with Crippen molar-refractivity contribution in [2.45, 2.75) is 45.2 Å². The van der Waals surface area contributed by atoms with E-state index in [0.29, 0.717) is 17.4 Å². The first-order valence-electron chi connectivity index (χ1n) is 12.1. The zero-order valence-electron chi connectivity index (χ0n) is 18.9. The average Bonchev–Trinajstić information content (AvgIpc) is 3.56. The van der Waals surface area contributed by atoms with Crippen molar-refractivity contribution < 1.29 is 9.47 Å². The Morgan fingerprint density at radius 2 is 1.81 bits per heavy atom. The average molecular weight is 433 g/mol. The second kappa shape index (κ2) is 8.16. The van der Waals surface area contributed by atoms with Gasteiger partial charge >= 0.3 is 0 Å². The summed E-state index contributed by atoms with van der Waals surface area (Å²) >= 11 is 0. The molecule has 3 aliphatic rings. The summed E-state index contributed by atoms with van der Waals surface area (Å²) in [6, 6.07) is 15.5. The standard InChI is InChI=1S/C26H32N4O2/c1-19-26(11-15-31-16-12-26)10-13-29(19)25-28-27-24(30(25)17-20-9-14-32-18-20)23-8-4-6-21-5-2-3-7-22(21)23/h2-8,19-20H,9-18H2,1H3. The number of ether oxygens (including phenoxy) is 2. The molecule has 0 amide bonds. The summed E-state index contributed by atoms with van der Waals surface area (Å²) in [5, 5.41) is 12.1. The SMILES string of the molecule is CC1N(c2nnc(-c3cccc4ccccc34)n2CC2CCOC2)CCC12CCOCC2. The molecule has 168 valence electrons. The lowest BCUT2D eigenvalue weighted by atomic mass is 9.74. The van der Waals surface area contributed by atoms with Crippen molar-refractivity contribution in [3.63, 3.8) is 0 Å². The molecule has 0 radical (unpaired) electrons. The molecule has 3 aliphatic heterocycles. The van der Waals surface area contributed by atoms with Crippen LogP contribution in [-0.2, 0) is 16.0 Å². The van der Waals surface area contributed by atoms with E-state index in [1.807, 2.05) is 0 Å². The molecule has 3 aromatic rings. The van der Waals surface area contributed by atoms with Gasteiger partial charge in [0.05, 0.1) is 6.61 Å². The summed E-state index contributed by atoms with van der Waals surface area (Å²) < 4.78 is 13.8. The Morgan fingerprint density at radius 3 is 2.66 bits per heavy atom. The Hall–Kier alpha value is -2.44. The van der Waals surface area contributed by atoms with E-state index in [2.05, 4.69) is 58.9 Å². The number of rotatable bonds is 4. The van der Waals surface area contributed by atoms with E-state index < -0.39 is 0 Å². The van der Waals surface area contributed by atoms with Crippen LogP contribution in [0.4, 0.5) is 5.95 Å². The van der Waals surface area contributed by atoms with E-state index in [1.165, 1.54) is 17.2 Å². The molecule has 3 fully saturated rings. The molecule has 1 aromatic heterocycles. The van der Waals surface area contributed by atoms with E-state index in [4.69, 9.17) is 19.7 Å². The van der Waals surface area contributed by atoms with E-state index in [-0.39, 0.29) is 0 Å². The lowest BCUT2D eigenvalue weighted by molar-refractivity contribution is 0.0127. The molecule has 1 spiro atoms. The van der Waals surface area contributed by atoms with Gasteiger partial charge in [0.2, 0.25) is 5.95 Å². The number of aromatic nitrogens is 3. The molecule has 0 saturated carbocycles. The van der Waals surface area contributed by atoms with Gasteiger partial charge in [0.25, 0.3) is 0 Å². The van der Waals surface area contributed by atoms with Gasteiger partial charge < -0.3 is 14.4 Å². The molecule has 6 nitrogen and oxygen atoms in total. The van der Waals surface area contributed by atoms with Crippen molar-refractivity contribution in [3.05, 3.63) is 42.5 Å². The Labute approximate surface area is 189 Å². The molecule has 0 bridgehead atoms. The summed E-state index contributed by atoms with van der Waals surface area (Å²) in [6.07, 6.45) is 4.60. The van der Waals surface area contributed by atoms with Gasteiger partial charge in [-0.05, 0) is 48.8 Å². The van der Waals surface area contributed by atoms with Crippen LogP contribution in [0.25, 0.3) is 22.2 Å². The van der Waals surface area contributed by atoms with Crippen LogP contribution in [0, 0.1) is 11.3 Å². The lowest BCUT2D eigenvalue weighted by Crippen LogP contribution is -2.42. The lowest BCUT2D eigenvalue weighted by Gasteiger charge is -2.39. The fourth-order valence-electron chi connectivity index (χ4n) is 6.08. The molecule has 2 unspecified atom stereocenters. The second-order valence-corrected chi connectivity index (χ2v) is 9.78. The number of benzene rings is 2. The van der Waals surface area contributed by atoms with Crippen LogP contribution in [0.3, 0.4) is 0 Å². The molecule has 32 heavy (non-hydrogen) atoms. The Balaban J connectivity index is 1.43. The topological polar surface area (TPSA) is 52.4 Å². The van der Waals surface area contributed by atoms with Crippen molar-refractivity contribution in [1.82, 2.24) is 14.8 Å². The van der Waals surface area contributed by atoms with Gasteiger partial charge in [0.15, 0.2) is 5.82 Å². The smallest absolute Gasteiger partial charge is 0.227 e. The third-order valence-corrected chi connectivity index (χ3v) is 8.18. The summed E-state index contributed by atoms with van der Waals surface area (Å²) in [6.45, 7) is 7.76. The van der Waals surface area contributed by atoms with Gasteiger partial charge in [-0.2, -0.15) is 0 Å². The van der Waals surface area contributed by atoms with Gasteiger partial charge in [-0.15, -0.1) is 10.2 Å². The first-order valence-corrected chi connectivity index (χ1v) is 12.1. The van der Waals surface area contributed by atoms with Crippen LogP contribution in [0.2, 0.25) is 0 Å². The Morgan fingerprint density at radius 1 is 0.969 bits per heavy atom. The summed E-state index contributed by atoms with van der Waals surface area (Å²) in [7, 11) is 0. The third-order valence-electron chi connectivity index (χ3n) is 8.18. The Bertz CT molecular complexity index is 1090. The van der Waals surface area contributed by atoms with Gasteiger partial charge in [-0.1, -0.05) is 42.5 Å². The largest absolute Gasteiger partial charge is 0.381 e. The highest BCUT2D eigenvalue weighted by molar-refractivity contribution is 5.95. The summed E-state index contributed by atoms with van der Waals surface area (Å²) in [5.41, 5.74) is 1.50. The molecular weight excluding hydrogens is 400 g/mol. The van der Waals surface area contributed by atoms with E-state index >= 15 is 0 Å². The predicted octanol–water partition coefficient (Wildman–Crippen LogP) is 4.53. The zero-order chi connectivity index (χ0) is 21.5. The minimum atomic E-state index is 0.338. The quantitative estimate of drug-likeness (QED) is 0.606. The van der Waals surface area contributed by atoms with E-state index in [9.17, 15) is 0 Å². The fourth-order valence-corrected chi connectivity index (χ4v) is 6.08. The minimum Gasteiger partial charge on any atom is -0.381 e. The number of fused-ring (bicyclic) bond motifs is 1. The van der Waals surface area contributed by atoms with Crippen molar-refractivity contribution in [3.8, 4) is 11.4 Å². The maximum atomic E-state index is 5.72. The molecule has 6 rings (SSSR count). The summed E-state index contributed by atoms with van der Waals surface area (Å²) in [4.78, 5) is 2.52. The van der Waals surface area contributed by atoms with Crippen molar-refractivity contribution >= 4 is 16.7 Å². The number of anilines is 1. The van der Waals surface area contributed by atoms with Gasteiger partial charge in [0.1, 0.15) is 0 Å². The number of hydrogen-bond donors (Lipinski definition) is 0. The zero-order valence-corrected chi connectivity index (χ0v) is 18.9. The van der Waals surface area contributed by atoms with Crippen LogP contribution in [0.1, 0.15) is 32.6 Å². The highest BCUT2D eigenvalue weighted by Gasteiger charge is 2.47. The van der Waals surface area contributed by atoms with Gasteiger partial charge in [-0.25, -0.2) is 0 Å². The highest BCUT2D eigenvalue weighted by Crippen LogP contribution is 2.46. The molecule has 0 N–H and O–H groups in total. The maximum absolute atomic E-state index is 5.72. The molecule has 4 heterocycles. The number of hydrogen-bond acceptors (Lipinski definition) is 5. The Kier molecular flexibility index (Phi) is 5.15. The van der Waals surface area contributed by atoms with Crippen LogP contribution in [0.15, 0.2) is 42.5 Å². The monoisotopic (exact) mass is 432 g/mol. The van der Waals surface area contributed by atoms with Crippen LogP contribution < -0.4 is 4.90 Å². The predicted molar refractivity (Wildman–Crippen MR) is 126 cm³/mol. The minimum absolute atomic E-state index is 0.338. The molecule has 3 saturated heterocycles. The van der Waals surface area contributed by atoms with Crippen LogP contribution >= 0.6 is 0 Å². The molecule has 2 atom stereocenters.